The lowest BCUT2D eigenvalue weighted by Gasteiger charge is -2.37. The number of amides is 1. The van der Waals surface area contributed by atoms with Crippen molar-refractivity contribution < 1.29 is 23.1 Å². The molecule has 1 atom stereocenters. The van der Waals surface area contributed by atoms with Crippen molar-refractivity contribution in [2.24, 2.45) is 5.92 Å². The number of nitrogens with zero attached hydrogens (tertiary/aromatic N) is 3. The van der Waals surface area contributed by atoms with Crippen molar-refractivity contribution in [1.29, 1.82) is 5.26 Å². The fraction of sp³-hybridized carbons (Fsp3) is 0.517. The van der Waals surface area contributed by atoms with Crippen LogP contribution in [0.4, 0.5) is 18.9 Å². The maximum absolute atomic E-state index is 13.5. The van der Waals surface area contributed by atoms with Crippen LogP contribution in [0.2, 0.25) is 0 Å². The van der Waals surface area contributed by atoms with Gasteiger partial charge >= 0.3 is 6.18 Å². The molecule has 0 aromatic heterocycles. The second kappa shape index (κ2) is 12.7. The molecule has 1 aliphatic carbocycles. The molecular formula is C29H37F3N4O2. The lowest BCUT2D eigenvalue weighted by molar-refractivity contribution is -0.142. The third-order valence-corrected chi connectivity index (χ3v) is 7.22. The summed E-state index contributed by atoms with van der Waals surface area (Å²) in [7, 11) is 6.08. The fourth-order valence-electron chi connectivity index (χ4n) is 5.09. The zero-order chi connectivity index (χ0) is 27.9. The summed E-state index contributed by atoms with van der Waals surface area (Å²) in [6.45, 7) is 2.51. The van der Waals surface area contributed by atoms with Gasteiger partial charge in [0.05, 0.1) is 17.2 Å². The topological polar surface area (TPSA) is 79.6 Å². The second-order valence-electron chi connectivity index (χ2n) is 10.6. The van der Waals surface area contributed by atoms with E-state index in [1.54, 1.807) is 6.07 Å². The number of hydrogen-bond acceptors (Lipinski definition) is 5. The predicted molar refractivity (Wildman–Crippen MR) is 141 cm³/mol. The molecule has 1 fully saturated rings. The van der Waals surface area contributed by atoms with E-state index in [-0.39, 0.29) is 18.0 Å². The molecule has 2 aromatic rings. The number of nitrogens with one attached hydrogen (secondary N) is 1. The molecule has 1 aliphatic rings. The standard InChI is InChI=1S/C29H37F3N4O2/c1-35(2)14-15-36(3)20-22-9-7-8-21(16-22)18-28(38,24-10-5-4-6-11-24)27(37)34-25-13-12-23(19-33)26(17-25)29(30,31)32/h7-9,12-13,16-17,24,38H,4-6,10-11,14-15,18,20H2,1-3H3,(H,34,37). The second-order valence-corrected chi connectivity index (χ2v) is 10.6. The summed E-state index contributed by atoms with van der Waals surface area (Å²) in [5.74, 6) is -1.04. The van der Waals surface area contributed by atoms with Gasteiger partial charge in [-0.15, -0.1) is 0 Å². The van der Waals surface area contributed by atoms with Gasteiger partial charge in [-0.05, 0) is 69.2 Å². The number of hydrogen-bond donors (Lipinski definition) is 2. The molecule has 0 saturated heterocycles. The van der Waals surface area contributed by atoms with E-state index in [0.717, 1.165) is 55.6 Å². The van der Waals surface area contributed by atoms with Crippen molar-refractivity contribution in [3.05, 3.63) is 64.7 Å². The Hall–Kier alpha value is -2.93. The SMILES string of the molecule is CN(C)CCN(C)Cc1cccc(CC(O)(C(=O)Nc2ccc(C#N)c(C(F)(F)F)c2)C2CCCCC2)c1. The van der Waals surface area contributed by atoms with Gasteiger partial charge in [0.1, 0.15) is 5.60 Å². The Labute approximate surface area is 223 Å². The summed E-state index contributed by atoms with van der Waals surface area (Å²) in [5.41, 5.74) is -1.69. The van der Waals surface area contributed by atoms with Gasteiger partial charge in [0, 0.05) is 31.7 Å². The summed E-state index contributed by atoms with van der Waals surface area (Å²) in [5, 5.41) is 23.5. The number of aliphatic hydroxyl groups is 1. The Kier molecular flexibility index (Phi) is 9.94. The number of rotatable bonds is 10. The van der Waals surface area contributed by atoms with Crippen LogP contribution in [0.15, 0.2) is 42.5 Å². The van der Waals surface area contributed by atoms with E-state index in [9.17, 15) is 23.1 Å². The molecule has 206 valence electrons. The van der Waals surface area contributed by atoms with Crippen molar-refractivity contribution in [2.45, 2.75) is 56.8 Å². The molecule has 1 amide bonds. The summed E-state index contributed by atoms with van der Waals surface area (Å²) in [6, 6.07) is 12.3. The molecule has 0 spiro atoms. The average Bonchev–Trinajstić information content (AvgIpc) is 2.87. The Morgan fingerprint density at radius 2 is 1.74 bits per heavy atom. The summed E-state index contributed by atoms with van der Waals surface area (Å²) < 4.78 is 40.4. The van der Waals surface area contributed by atoms with Crippen LogP contribution < -0.4 is 5.32 Å². The summed E-state index contributed by atoms with van der Waals surface area (Å²) in [4.78, 5) is 17.9. The molecule has 3 rings (SSSR count). The minimum Gasteiger partial charge on any atom is -0.379 e. The van der Waals surface area contributed by atoms with Crippen molar-refractivity contribution in [3.8, 4) is 6.07 Å². The summed E-state index contributed by atoms with van der Waals surface area (Å²) >= 11 is 0. The van der Waals surface area contributed by atoms with Crippen LogP contribution >= 0.6 is 0 Å². The van der Waals surface area contributed by atoms with E-state index in [4.69, 9.17) is 5.26 Å². The van der Waals surface area contributed by atoms with Crippen LogP contribution in [0.25, 0.3) is 0 Å². The van der Waals surface area contributed by atoms with E-state index < -0.39 is 28.8 Å². The molecule has 0 aliphatic heterocycles. The number of nitriles is 1. The first-order chi connectivity index (χ1) is 17.9. The molecule has 38 heavy (non-hydrogen) atoms. The maximum Gasteiger partial charge on any atom is 0.417 e. The van der Waals surface area contributed by atoms with E-state index >= 15 is 0 Å². The molecule has 1 unspecified atom stereocenters. The first kappa shape index (κ1) is 29.6. The van der Waals surface area contributed by atoms with Crippen molar-refractivity contribution >= 4 is 11.6 Å². The zero-order valence-electron chi connectivity index (χ0n) is 22.3. The Morgan fingerprint density at radius 3 is 2.37 bits per heavy atom. The Morgan fingerprint density at radius 1 is 1.05 bits per heavy atom. The molecule has 0 heterocycles. The van der Waals surface area contributed by atoms with Gasteiger partial charge in [0.15, 0.2) is 0 Å². The third kappa shape index (κ3) is 7.79. The molecule has 0 bridgehead atoms. The van der Waals surface area contributed by atoms with E-state index in [2.05, 4.69) is 15.1 Å². The predicted octanol–water partition coefficient (Wildman–Crippen LogP) is 5.06. The molecule has 2 aromatic carbocycles. The molecule has 1 saturated carbocycles. The largest absolute Gasteiger partial charge is 0.417 e. The highest BCUT2D eigenvalue weighted by Crippen LogP contribution is 2.37. The molecule has 2 N–H and O–H groups in total. The van der Waals surface area contributed by atoms with Crippen LogP contribution in [0.3, 0.4) is 0 Å². The van der Waals surface area contributed by atoms with Gasteiger partial charge in [-0.1, -0.05) is 43.5 Å². The van der Waals surface area contributed by atoms with Crippen LogP contribution in [-0.2, 0) is 23.9 Å². The first-order valence-corrected chi connectivity index (χ1v) is 13.0. The number of likely N-dealkylation sites (N-methyl/N-ethyl adjacent to an activating group) is 2. The van der Waals surface area contributed by atoms with Gasteiger partial charge in [0.2, 0.25) is 0 Å². The quantitative estimate of drug-likeness (QED) is 0.449. The number of alkyl halides is 3. The molecule has 9 heteroatoms. The van der Waals surface area contributed by atoms with Gasteiger partial charge in [0.25, 0.3) is 5.91 Å². The van der Waals surface area contributed by atoms with Crippen molar-refractivity contribution in [2.75, 3.05) is 39.5 Å². The number of halogens is 3. The van der Waals surface area contributed by atoms with E-state index in [0.29, 0.717) is 19.4 Å². The highest BCUT2D eigenvalue weighted by Gasteiger charge is 2.44. The smallest absolute Gasteiger partial charge is 0.379 e. The summed E-state index contributed by atoms with van der Waals surface area (Å²) in [6.07, 6.45) is -0.575. The van der Waals surface area contributed by atoms with Crippen LogP contribution in [0.5, 0.6) is 0 Å². The first-order valence-electron chi connectivity index (χ1n) is 13.0. The van der Waals surface area contributed by atoms with Gasteiger partial charge in [-0.2, -0.15) is 18.4 Å². The molecule has 6 nitrogen and oxygen atoms in total. The number of anilines is 1. The van der Waals surface area contributed by atoms with Crippen molar-refractivity contribution in [3.63, 3.8) is 0 Å². The highest BCUT2D eigenvalue weighted by molar-refractivity contribution is 5.97. The number of carbonyl (C=O) groups is 1. The normalized spacial score (nSPS) is 16.3. The maximum atomic E-state index is 13.5. The lowest BCUT2D eigenvalue weighted by atomic mass is 9.73. The Bertz CT molecular complexity index is 1140. The van der Waals surface area contributed by atoms with Crippen LogP contribution in [0.1, 0.15) is 54.4 Å². The monoisotopic (exact) mass is 530 g/mol. The number of benzene rings is 2. The van der Waals surface area contributed by atoms with Crippen LogP contribution in [-0.4, -0.2) is 60.6 Å². The van der Waals surface area contributed by atoms with Crippen molar-refractivity contribution in [1.82, 2.24) is 9.80 Å². The zero-order valence-corrected chi connectivity index (χ0v) is 22.3. The van der Waals surface area contributed by atoms with E-state index in [1.165, 1.54) is 6.07 Å². The minimum absolute atomic E-state index is 0.0567. The third-order valence-electron chi connectivity index (χ3n) is 7.22. The number of carbonyl (C=O) groups excluding carboxylic acids is 1. The highest BCUT2D eigenvalue weighted by atomic mass is 19.4. The van der Waals surface area contributed by atoms with Gasteiger partial charge in [-0.3, -0.25) is 4.79 Å². The fourth-order valence-corrected chi connectivity index (χ4v) is 5.09. The van der Waals surface area contributed by atoms with Gasteiger partial charge < -0.3 is 20.2 Å². The van der Waals surface area contributed by atoms with Gasteiger partial charge in [-0.25, -0.2) is 0 Å². The molecule has 0 radical (unpaired) electrons. The average molecular weight is 531 g/mol. The minimum atomic E-state index is -4.74. The van der Waals surface area contributed by atoms with E-state index in [1.807, 2.05) is 45.4 Å². The Balaban J connectivity index is 1.85. The van der Waals surface area contributed by atoms with Crippen LogP contribution in [0, 0.1) is 17.2 Å². The molecular weight excluding hydrogens is 493 g/mol. The lowest BCUT2D eigenvalue weighted by Crippen LogP contribution is -2.51.